The number of aliphatic hydroxyl groups excluding tert-OH is 1. The van der Waals surface area contributed by atoms with E-state index in [1.807, 2.05) is 0 Å². The second kappa shape index (κ2) is 6.76. The van der Waals surface area contributed by atoms with Crippen molar-refractivity contribution in [3.8, 4) is 11.5 Å². The summed E-state index contributed by atoms with van der Waals surface area (Å²) in [5, 5.41) is 20.0. The van der Waals surface area contributed by atoms with Crippen LogP contribution in [0.3, 0.4) is 0 Å². The third kappa shape index (κ3) is 4.22. The molecule has 1 heterocycles. The Bertz CT molecular complexity index is 569. The van der Waals surface area contributed by atoms with Gasteiger partial charge in [-0.15, -0.1) is 0 Å². The van der Waals surface area contributed by atoms with Crippen molar-refractivity contribution in [2.75, 3.05) is 13.3 Å². The topological polar surface area (TPSA) is 105 Å². The number of amides is 1. The average molecular weight is 293 g/mol. The van der Waals surface area contributed by atoms with Gasteiger partial charge in [0.15, 0.2) is 17.6 Å². The number of nitrogens with one attached hydrogen (secondary N) is 1. The third-order valence-corrected chi connectivity index (χ3v) is 2.83. The number of carboxylic acid groups (broad SMARTS) is 1. The first-order valence-electron chi connectivity index (χ1n) is 6.32. The van der Waals surface area contributed by atoms with Crippen LogP contribution in [0.1, 0.15) is 12.0 Å². The number of carboxylic acids is 1. The van der Waals surface area contributed by atoms with Crippen LogP contribution in [0, 0.1) is 0 Å². The molecule has 1 aliphatic rings. The van der Waals surface area contributed by atoms with Crippen molar-refractivity contribution in [1.29, 1.82) is 0 Å². The zero-order chi connectivity index (χ0) is 15.2. The highest BCUT2D eigenvalue weighted by Gasteiger charge is 2.13. The van der Waals surface area contributed by atoms with E-state index in [2.05, 4.69) is 5.32 Å². The lowest BCUT2D eigenvalue weighted by atomic mass is 10.2. The summed E-state index contributed by atoms with van der Waals surface area (Å²) in [6.45, 7) is 0.271. The van der Waals surface area contributed by atoms with Crippen molar-refractivity contribution in [3.05, 3.63) is 29.8 Å². The summed E-state index contributed by atoms with van der Waals surface area (Å²) in [6.07, 6.45) is 1.41. The van der Waals surface area contributed by atoms with Crippen molar-refractivity contribution in [2.45, 2.75) is 12.5 Å². The molecule has 7 nitrogen and oxygen atoms in total. The van der Waals surface area contributed by atoms with Gasteiger partial charge in [-0.2, -0.15) is 0 Å². The van der Waals surface area contributed by atoms with Crippen molar-refractivity contribution in [2.24, 2.45) is 0 Å². The van der Waals surface area contributed by atoms with Crippen LogP contribution in [-0.4, -0.2) is 41.5 Å². The number of benzene rings is 1. The van der Waals surface area contributed by atoms with E-state index in [0.717, 1.165) is 5.56 Å². The van der Waals surface area contributed by atoms with Crippen molar-refractivity contribution in [1.82, 2.24) is 5.32 Å². The van der Waals surface area contributed by atoms with Gasteiger partial charge >= 0.3 is 5.97 Å². The molecule has 1 amide bonds. The summed E-state index contributed by atoms with van der Waals surface area (Å²) in [5.41, 5.74) is 0.778. The molecule has 21 heavy (non-hydrogen) atoms. The van der Waals surface area contributed by atoms with Crippen LogP contribution in [0.5, 0.6) is 11.5 Å². The standard InChI is InChI=1S/C14H15NO6/c16-10(14(18)19)5-6-15-13(17)4-2-9-1-3-11-12(7-9)21-8-20-11/h1-4,7,10,16H,5-6,8H2,(H,15,17)(H,18,19)/b4-2+. The minimum atomic E-state index is -1.47. The Labute approximate surface area is 120 Å². The fourth-order valence-electron chi connectivity index (χ4n) is 1.70. The Kier molecular flexibility index (Phi) is 4.78. The molecule has 1 aliphatic heterocycles. The van der Waals surface area contributed by atoms with E-state index in [4.69, 9.17) is 19.7 Å². The third-order valence-electron chi connectivity index (χ3n) is 2.83. The summed E-state index contributed by atoms with van der Waals surface area (Å²) in [5.74, 6) is -0.383. The quantitative estimate of drug-likeness (QED) is 0.655. The van der Waals surface area contributed by atoms with E-state index in [0.29, 0.717) is 11.5 Å². The molecule has 0 aliphatic carbocycles. The zero-order valence-electron chi connectivity index (χ0n) is 11.1. The second-order valence-electron chi connectivity index (χ2n) is 4.38. The minimum Gasteiger partial charge on any atom is -0.479 e. The molecular weight excluding hydrogens is 278 g/mol. The van der Waals surface area contributed by atoms with Gasteiger partial charge in [0.25, 0.3) is 0 Å². The fourth-order valence-corrected chi connectivity index (χ4v) is 1.70. The Morgan fingerprint density at radius 2 is 2.10 bits per heavy atom. The summed E-state index contributed by atoms with van der Waals surface area (Å²) in [7, 11) is 0. The molecule has 1 atom stereocenters. The van der Waals surface area contributed by atoms with Crippen molar-refractivity contribution >= 4 is 18.0 Å². The number of carbonyl (C=O) groups excluding carboxylic acids is 1. The predicted molar refractivity (Wildman–Crippen MR) is 72.9 cm³/mol. The van der Waals surface area contributed by atoms with Crippen LogP contribution in [0.15, 0.2) is 24.3 Å². The van der Waals surface area contributed by atoms with E-state index in [9.17, 15) is 9.59 Å². The zero-order valence-corrected chi connectivity index (χ0v) is 11.1. The molecule has 0 saturated heterocycles. The summed E-state index contributed by atoms with van der Waals surface area (Å²) < 4.78 is 10.4. The van der Waals surface area contributed by atoms with Gasteiger partial charge in [-0.3, -0.25) is 4.79 Å². The molecule has 0 saturated carbocycles. The number of fused-ring (bicyclic) bond motifs is 1. The van der Waals surface area contributed by atoms with E-state index >= 15 is 0 Å². The van der Waals surface area contributed by atoms with Crippen molar-refractivity contribution in [3.63, 3.8) is 0 Å². The van der Waals surface area contributed by atoms with Gasteiger partial charge in [0.1, 0.15) is 0 Å². The SMILES string of the molecule is O=C(/C=C/c1ccc2c(c1)OCO2)NCCC(O)C(=O)O. The van der Waals surface area contributed by atoms with Crippen LogP contribution in [0.2, 0.25) is 0 Å². The largest absolute Gasteiger partial charge is 0.479 e. The number of rotatable bonds is 6. The first-order chi connectivity index (χ1) is 10.1. The van der Waals surface area contributed by atoms with E-state index < -0.39 is 12.1 Å². The number of carbonyl (C=O) groups is 2. The number of ether oxygens (including phenoxy) is 2. The first-order valence-corrected chi connectivity index (χ1v) is 6.32. The lowest BCUT2D eigenvalue weighted by Gasteiger charge is -2.05. The lowest BCUT2D eigenvalue weighted by molar-refractivity contribution is -0.147. The maximum absolute atomic E-state index is 11.5. The molecule has 1 aromatic rings. The Morgan fingerprint density at radius 3 is 2.86 bits per heavy atom. The van der Waals surface area contributed by atoms with Crippen molar-refractivity contribution < 1.29 is 29.3 Å². The van der Waals surface area contributed by atoms with Gasteiger partial charge < -0.3 is 25.0 Å². The molecule has 0 radical (unpaired) electrons. The average Bonchev–Trinajstić information content (AvgIpc) is 2.92. The Morgan fingerprint density at radius 1 is 1.33 bits per heavy atom. The normalized spacial score (nSPS) is 14.1. The molecule has 0 fully saturated rings. The Hall–Kier alpha value is -2.54. The predicted octanol–water partition coefficient (Wildman–Crippen LogP) is 0.380. The number of hydrogen-bond donors (Lipinski definition) is 3. The molecule has 2 rings (SSSR count). The van der Waals surface area contributed by atoms with Gasteiger partial charge in [-0.05, 0) is 23.8 Å². The minimum absolute atomic E-state index is 0.0427. The highest BCUT2D eigenvalue weighted by molar-refractivity contribution is 5.91. The molecule has 7 heteroatoms. The molecule has 0 aromatic heterocycles. The van der Waals surface area contributed by atoms with Gasteiger partial charge in [0, 0.05) is 19.0 Å². The molecule has 112 valence electrons. The molecule has 3 N–H and O–H groups in total. The number of aliphatic hydroxyl groups is 1. The highest BCUT2D eigenvalue weighted by Crippen LogP contribution is 2.32. The number of hydrogen-bond acceptors (Lipinski definition) is 5. The van der Waals surface area contributed by atoms with Crippen LogP contribution < -0.4 is 14.8 Å². The van der Waals surface area contributed by atoms with E-state index in [-0.39, 0.29) is 25.7 Å². The van der Waals surface area contributed by atoms with Crippen LogP contribution in [0.4, 0.5) is 0 Å². The summed E-state index contributed by atoms with van der Waals surface area (Å²) >= 11 is 0. The molecular formula is C14H15NO6. The smallest absolute Gasteiger partial charge is 0.332 e. The lowest BCUT2D eigenvalue weighted by Crippen LogP contribution is -2.28. The molecule has 0 spiro atoms. The van der Waals surface area contributed by atoms with Gasteiger partial charge in [0.05, 0.1) is 0 Å². The van der Waals surface area contributed by atoms with Crippen LogP contribution in [0.25, 0.3) is 6.08 Å². The Balaban J connectivity index is 1.81. The molecule has 0 bridgehead atoms. The number of aliphatic carboxylic acids is 1. The summed E-state index contributed by atoms with van der Waals surface area (Å²) in [4.78, 5) is 21.9. The second-order valence-corrected chi connectivity index (χ2v) is 4.38. The van der Waals surface area contributed by atoms with Crippen LogP contribution in [-0.2, 0) is 9.59 Å². The molecule has 1 aromatic carbocycles. The monoisotopic (exact) mass is 293 g/mol. The molecule has 1 unspecified atom stereocenters. The first kappa shape index (κ1) is 14.9. The van der Waals surface area contributed by atoms with E-state index in [1.165, 1.54) is 6.08 Å². The fraction of sp³-hybridized carbons (Fsp3) is 0.286. The maximum atomic E-state index is 11.5. The highest BCUT2D eigenvalue weighted by atomic mass is 16.7. The van der Waals surface area contributed by atoms with E-state index in [1.54, 1.807) is 24.3 Å². The van der Waals surface area contributed by atoms with Gasteiger partial charge in [-0.1, -0.05) is 6.07 Å². The summed E-state index contributed by atoms with van der Waals surface area (Å²) in [6, 6.07) is 5.29. The van der Waals surface area contributed by atoms with Crippen LogP contribution >= 0.6 is 0 Å². The van der Waals surface area contributed by atoms with Gasteiger partial charge in [-0.25, -0.2) is 4.79 Å². The van der Waals surface area contributed by atoms with Gasteiger partial charge in [0.2, 0.25) is 12.7 Å². The maximum Gasteiger partial charge on any atom is 0.332 e.